The number of rotatable bonds is 2. The third kappa shape index (κ3) is 2.07. The van der Waals surface area contributed by atoms with E-state index in [0.29, 0.717) is 6.61 Å². The van der Waals surface area contributed by atoms with E-state index in [1.54, 1.807) is 11.3 Å². The van der Waals surface area contributed by atoms with E-state index in [2.05, 4.69) is 4.98 Å². The highest BCUT2D eigenvalue weighted by Gasteiger charge is 2.25. The fourth-order valence-electron chi connectivity index (χ4n) is 1.80. The zero-order chi connectivity index (χ0) is 12.5. The Balaban J connectivity index is 1.83. The maximum Gasteiger partial charge on any atom is 0.184 e. The van der Waals surface area contributed by atoms with Crippen LogP contribution in [0.5, 0.6) is 11.5 Å². The molecule has 94 valence electrons. The van der Waals surface area contributed by atoms with Crippen molar-refractivity contribution in [1.82, 2.24) is 4.98 Å². The lowest BCUT2D eigenvalue weighted by atomic mass is 10.2. The molecule has 1 aliphatic rings. The number of hydrogen-bond acceptors (Lipinski definition) is 5. The van der Waals surface area contributed by atoms with E-state index in [1.165, 1.54) is 0 Å². The van der Waals surface area contributed by atoms with Crippen LogP contribution in [0.15, 0.2) is 30.5 Å². The van der Waals surface area contributed by atoms with Crippen molar-refractivity contribution in [1.29, 1.82) is 0 Å². The van der Waals surface area contributed by atoms with Gasteiger partial charge in [-0.1, -0.05) is 12.1 Å². The third-order valence-electron chi connectivity index (χ3n) is 2.77. The second-order valence-corrected chi connectivity index (χ2v) is 5.35. The molecule has 1 aromatic heterocycles. The summed E-state index contributed by atoms with van der Waals surface area (Å²) in [5.41, 5.74) is 5.83. The van der Waals surface area contributed by atoms with Gasteiger partial charge in [0.15, 0.2) is 17.6 Å². The lowest BCUT2D eigenvalue weighted by Crippen LogP contribution is -2.21. The molecule has 2 atom stereocenters. The lowest BCUT2D eigenvalue weighted by Gasteiger charge is -2.24. The smallest absolute Gasteiger partial charge is 0.184 e. The molecule has 1 aromatic carbocycles. The molecule has 2 unspecified atom stereocenters. The molecular weight excluding hydrogens is 248 g/mol. The summed E-state index contributed by atoms with van der Waals surface area (Å²) >= 11 is 1.58. The number of nitrogens with two attached hydrogens (primary N) is 1. The molecule has 0 saturated carbocycles. The zero-order valence-corrected chi connectivity index (χ0v) is 10.8. The van der Waals surface area contributed by atoms with Crippen molar-refractivity contribution >= 4 is 11.3 Å². The highest BCUT2D eigenvalue weighted by Crippen LogP contribution is 2.37. The van der Waals surface area contributed by atoms with Gasteiger partial charge in [0, 0.05) is 17.1 Å². The summed E-state index contributed by atoms with van der Waals surface area (Å²) in [6.45, 7) is 2.44. The van der Waals surface area contributed by atoms with Crippen LogP contribution in [0.25, 0.3) is 0 Å². The van der Waals surface area contributed by atoms with Gasteiger partial charge in [-0.05, 0) is 19.1 Å². The van der Waals surface area contributed by atoms with Gasteiger partial charge in [0.25, 0.3) is 0 Å². The van der Waals surface area contributed by atoms with Crippen molar-refractivity contribution in [3.05, 3.63) is 40.3 Å². The molecule has 1 aliphatic heterocycles. The first kappa shape index (κ1) is 11.5. The summed E-state index contributed by atoms with van der Waals surface area (Å²) in [5, 5.41) is 0.914. The number of nitrogens with zero attached hydrogens (tertiary/aromatic N) is 1. The molecule has 0 aliphatic carbocycles. The first-order chi connectivity index (χ1) is 8.74. The summed E-state index contributed by atoms with van der Waals surface area (Å²) in [4.78, 5) is 5.43. The first-order valence-corrected chi connectivity index (χ1v) is 6.65. The first-order valence-electron chi connectivity index (χ1n) is 5.83. The van der Waals surface area contributed by atoms with Crippen LogP contribution < -0.4 is 15.2 Å². The number of thiazole rings is 1. The average molecular weight is 262 g/mol. The van der Waals surface area contributed by atoms with Crippen molar-refractivity contribution < 1.29 is 9.47 Å². The maximum absolute atomic E-state index is 5.89. The van der Waals surface area contributed by atoms with Gasteiger partial charge < -0.3 is 15.2 Å². The Labute approximate surface area is 109 Å². The van der Waals surface area contributed by atoms with Gasteiger partial charge in [-0.2, -0.15) is 0 Å². The van der Waals surface area contributed by atoms with E-state index >= 15 is 0 Å². The zero-order valence-electron chi connectivity index (χ0n) is 10.00. The molecule has 2 heterocycles. The summed E-state index contributed by atoms with van der Waals surface area (Å²) < 4.78 is 11.6. The van der Waals surface area contributed by atoms with Crippen LogP contribution in [0, 0.1) is 0 Å². The van der Waals surface area contributed by atoms with Crippen LogP contribution in [0.4, 0.5) is 0 Å². The fraction of sp³-hybridized carbons (Fsp3) is 0.308. The van der Waals surface area contributed by atoms with Gasteiger partial charge in [-0.3, -0.25) is 0 Å². The molecule has 2 aromatic rings. The largest absolute Gasteiger partial charge is 0.485 e. The molecule has 3 rings (SSSR count). The van der Waals surface area contributed by atoms with Gasteiger partial charge >= 0.3 is 0 Å². The molecule has 0 saturated heterocycles. The van der Waals surface area contributed by atoms with Crippen molar-refractivity contribution in [3.63, 3.8) is 0 Å². The minimum Gasteiger partial charge on any atom is -0.485 e. The number of para-hydroxylation sites is 2. The fourth-order valence-corrected chi connectivity index (χ4v) is 2.69. The highest BCUT2D eigenvalue weighted by atomic mass is 32.1. The molecule has 2 N–H and O–H groups in total. The minimum atomic E-state index is -0.141. The average Bonchev–Trinajstić information content (AvgIpc) is 2.88. The second kappa shape index (κ2) is 4.59. The maximum atomic E-state index is 5.89. The Morgan fingerprint density at radius 2 is 2.17 bits per heavy atom. The molecule has 0 radical (unpaired) electrons. The molecule has 0 bridgehead atoms. The molecule has 18 heavy (non-hydrogen) atoms. The van der Waals surface area contributed by atoms with E-state index < -0.39 is 0 Å². The van der Waals surface area contributed by atoms with Crippen molar-refractivity contribution in [3.8, 4) is 11.5 Å². The standard InChI is InChI=1S/C13H14N2O2S/c1-8(14)12-6-15-13(18-12)11-7-16-9-4-2-3-5-10(9)17-11/h2-6,8,11H,7,14H2,1H3. The van der Waals surface area contributed by atoms with E-state index in [0.717, 1.165) is 21.4 Å². The van der Waals surface area contributed by atoms with Gasteiger partial charge in [0.2, 0.25) is 0 Å². The van der Waals surface area contributed by atoms with Crippen molar-refractivity contribution in [2.24, 2.45) is 5.73 Å². The Morgan fingerprint density at radius 1 is 1.39 bits per heavy atom. The van der Waals surface area contributed by atoms with Gasteiger partial charge in [-0.25, -0.2) is 4.98 Å². The number of aromatic nitrogens is 1. The molecule has 0 spiro atoms. The predicted molar refractivity (Wildman–Crippen MR) is 70.0 cm³/mol. The minimum absolute atomic E-state index is 0.00745. The van der Waals surface area contributed by atoms with E-state index in [9.17, 15) is 0 Å². The van der Waals surface area contributed by atoms with Crippen LogP contribution in [0.3, 0.4) is 0 Å². The third-order valence-corrected chi connectivity index (χ3v) is 4.06. The Bertz CT molecular complexity index is 553. The van der Waals surface area contributed by atoms with Crippen molar-refractivity contribution in [2.75, 3.05) is 6.61 Å². The highest BCUT2D eigenvalue weighted by molar-refractivity contribution is 7.11. The molecule has 5 heteroatoms. The van der Waals surface area contributed by atoms with Crippen molar-refractivity contribution in [2.45, 2.75) is 19.1 Å². The predicted octanol–water partition coefficient (Wildman–Crippen LogP) is 2.68. The van der Waals surface area contributed by atoms with E-state index in [1.807, 2.05) is 37.4 Å². The van der Waals surface area contributed by atoms with Gasteiger partial charge in [0.1, 0.15) is 11.6 Å². The van der Waals surface area contributed by atoms with E-state index in [-0.39, 0.29) is 12.1 Å². The number of fused-ring (bicyclic) bond motifs is 1. The summed E-state index contributed by atoms with van der Waals surface area (Å²) in [5.74, 6) is 1.56. The molecule has 0 amide bonds. The second-order valence-electron chi connectivity index (χ2n) is 4.25. The molecule has 0 fully saturated rings. The van der Waals surface area contributed by atoms with Gasteiger partial charge in [0.05, 0.1) is 0 Å². The topological polar surface area (TPSA) is 57.4 Å². The van der Waals surface area contributed by atoms with E-state index in [4.69, 9.17) is 15.2 Å². The summed E-state index contributed by atoms with van der Waals surface area (Å²) in [7, 11) is 0. The molecular formula is C13H14N2O2S. The van der Waals surface area contributed by atoms with Crippen LogP contribution in [-0.4, -0.2) is 11.6 Å². The van der Waals surface area contributed by atoms with Crippen LogP contribution in [0.2, 0.25) is 0 Å². The Kier molecular flexibility index (Phi) is 2.93. The van der Waals surface area contributed by atoms with Crippen LogP contribution >= 0.6 is 11.3 Å². The number of ether oxygens (including phenoxy) is 2. The quantitative estimate of drug-likeness (QED) is 0.904. The lowest BCUT2D eigenvalue weighted by molar-refractivity contribution is 0.0911. The SMILES string of the molecule is CC(N)c1cnc(C2COc3ccccc3O2)s1. The normalized spacial score (nSPS) is 19.6. The van der Waals surface area contributed by atoms with Gasteiger partial charge in [-0.15, -0.1) is 11.3 Å². The number of hydrogen-bond donors (Lipinski definition) is 1. The summed E-state index contributed by atoms with van der Waals surface area (Å²) in [6, 6.07) is 7.68. The Hall–Kier alpha value is -1.59. The monoisotopic (exact) mass is 262 g/mol. The van der Waals surface area contributed by atoms with Crippen LogP contribution in [0.1, 0.15) is 29.0 Å². The number of benzene rings is 1. The Morgan fingerprint density at radius 3 is 2.89 bits per heavy atom. The van der Waals surface area contributed by atoms with Crippen LogP contribution in [-0.2, 0) is 0 Å². The molecule has 4 nitrogen and oxygen atoms in total. The summed E-state index contributed by atoms with van der Waals surface area (Å²) in [6.07, 6.45) is 1.67.